The number of carbonyl (C=O) groups excluding carboxylic acids is 1. The molecule has 2 aromatic heterocycles. The van der Waals surface area contributed by atoms with E-state index in [2.05, 4.69) is 52.1 Å². The Labute approximate surface area is 168 Å². The van der Waals surface area contributed by atoms with Crippen LogP contribution in [0.25, 0.3) is 22.3 Å². The minimum absolute atomic E-state index is 0.117. The lowest BCUT2D eigenvalue weighted by molar-refractivity contribution is -0.115. The molecule has 142 valence electrons. The molecule has 6 heteroatoms. The highest BCUT2D eigenvalue weighted by molar-refractivity contribution is 6.30. The Bertz CT molecular complexity index is 1140. The van der Waals surface area contributed by atoms with Gasteiger partial charge in [0.15, 0.2) is 5.82 Å². The molecule has 2 aromatic carbocycles. The third-order valence-corrected chi connectivity index (χ3v) is 5.17. The monoisotopic (exact) mass is 392 g/mol. The number of anilines is 1. The molecule has 5 nitrogen and oxygen atoms in total. The van der Waals surface area contributed by atoms with Crippen LogP contribution in [0, 0.1) is 6.92 Å². The Morgan fingerprint density at radius 1 is 1.18 bits per heavy atom. The number of hydrogen-bond acceptors (Lipinski definition) is 2. The van der Waals surface area contributed by atoms with Crippen LogP contribution in [0.3, 0.4) is 0 Å². The van der Waals surface area contributed by atoms with Crippen LogP contribution < -0.4 is 5.32 Å². The van der Waals surface area contributed by atoms with Gasteiger partial charge in [-0.05, 0) is 43.2 Å². The van der Waals surface area contributed by atoms with Gasteiger partial charge in [0, 0.05) is 28.5 Å². The van der Waals surface area contributed by atoms with Crippen molar-refractivity contribution in [3.05, 3.63) is 70.7 Å². The summed E-state index contributed by atoms with van der Waals surface area (Å²) in [6.45, 7) is 5.09. The molecule has 4 aromatic rings. The number of rotatable bonds is 5. The summed E-state index contributed by atoms with van der Waals surface area (Å²) >= 11 is 5.89. The van der Waals surface area contributed by atoms with Crippen LogP contribution in [-0.4, -0.2) is 20.7 Å². The molecule has 1 amide bonds. The Balaban J connectivity index is 1.58. The van der Waals surface area contributed by atoms with Crippen molar-refractivity contribution in [3.63, 3.8) is 0 Å². The average Bonchev–Trinajstić information content (AvgIpc) is 3.25. The first-order valence-electron chi connectivity index (χ1n) is 9.24. The van der Waals surface area contributed by atoms with Crippen LogP contribution in [0.5, 0.6) is 0 Å². The van der Waals surface area contributed by atoms with E-state index in [1.54, 1.807) is 12.1 Å². The van der Waals surface area contributed by atoms with Crippen LogP contribution in [0.15, 0.2) is 54.6 Å². The summed E-state index contributed by atoms with van der Waals surface area (Å²) in [6.07, 6.45) is 0.271. The number of H-pyrrole nitrogens is 1. The molecular formula is C22H21ClN4O. The first-order valence-corrected chi connectivity index (χ1v) is 9.62. The molecule has 2 heterocycles. The second kappa shape index (κ2) is 7.52. The van der Waals surface area contributed by atoms with E-state index in [0.717, 1.165) is 23.5 Å². The van der Waals surface area contributed by atoms with Gasteiger partial charge >= 0.3 is 0 Å². The lowest BCUT2D eigenvalue weighted by Crippen LogP contribution is -2.14. The zero-order valence-electron chi connectivity index (χ0n) is 15.8. The van der Waals surface area contributed by atoms with Crippen molar-refractivity contribution in [2.45, 2.75) is 26.8 Å². The van der Waals surface area contributed by atoms with Gasteiger partial charge in [-0.3, -0.25) is 9.89 Å². The van der Waals surface area contributed by atoms with E-state index in [1.807, 2.05) is 24.3 Å². The lowest BCUT2D eigenvalue weighted by Gasteiger charge is -2.06. The Hall–Kier alpha value is -3.05. The largest absolute Gasteiger partial charge is 0.339 e. The summed E-state index contributed by atoms with van der Waals surface area (Å²) in [5, 5.41) is 12.1. The molecular weight excluding hydrogens is 372 g/mol. The highest BCUT2D eigenvalue weighted by Crippen LogP contribution is 2.33. The summed E-state index contributed by atoms with van der Waals surface area (Å²) < 4.78 is 2.26. The number of hydrogen-bond donors (Lipinski definition) is 2. The lowest BCUT2D eigenvalue weighted by atomic mass is 10.1. The molecule has 2 N–H and O–H groups in total. The van der Waals surface area contributed by atoms with Gasteiger partial charge in [0.1, 0.15) is 0 Å². The highest BCUT2D eigenvalue weighted by Gasteiger charge is 2.17. The third-order valence-electron chi connectivity index (χ3n) is 4.92. The SMILES string of the molecule is CCn1c(-c2cc(NC(=O)Cc3ccc(Cl)cc3)n[nH]2)c(C)c2ccccc21. The number of halogens is 1. The predicted octanol–water partition coefficient (Wildman–Crippen LogP) is 5.19. The maximum absolute atomic E-state index is 12.3. The van der Waals surface area contributed by atoms with Gasteiger partial charge in [0.25, 0.3) is 0 Å². The fraction of sp³-hybridized carbons (Fsp3) is 0.182. The van der Waals surface area contributed by atoms with Crippen LogP contribution in [0.4, 0.5) is 5.82 Å². The van der Waals surface area contributed by atoms with Crippen LogP contribution >= 0.6 is 11.6 Å². The molecule has 0 saturated carbocycles. The summed E-state index contributed by atoms with van der Waals surface area (Å²) in [4.78, 5) is 12.3. The molecule has 4 rings (SSSR count). The smallest absolute Gasteiger partial charge is 0.229 e. The fourth-order valence-corrected chi connectivity index (χ4v) is 3.76. The van der Waals surface area contributed by atoms with E-state index in [0.29, 0.717) is 10.8 Å². The van der Waals surface area contributed by atoms with Crippen LogP contribution in [-0.2, 0) is 17.8 Å². The molecule has 0 radical (unpaired) electrons. The maximum Gasteiger partial charge on any atom is 0.229 e. The van der Waals surface area contributed by atoms with Gasteiger partial charge < -0.3 is 9.88 Å². The summed E-state index contributed by atoms with van der Waals surface area (Å²) in [7, 11) is 0. The Morgan fingerprint density at radius 3 is 2.68 bits per heavy atom. The number of aromatic amines is 1. The number of nitrogens with one attached hydrogen (secondary N) is 2. The molecule has 0 bridgehead atoms. The van der Waals surface area contributed by atoms with E-state index >= 15 is 0 Å². The van der Waals surface area contributed by atoms with E-state index in [-0.39, 0.29) is 12.3 Å². The van der Waals surface area contributed by atoms with Gasteiger partial charge in [-0.2, -0.15) is 5.10 Å². The van der Waals surface area contributed by atoms with Crippen molar-refractivity contribution in [1.29, 1.82) is 0 Å². The third kappa shape index (κ3) is 3.41. The first-order chi connectivity index (χ1) is 13.6. The number of amides is 1. The minimum atomic E-state index is -0.117. The molecule has 0 aliphatic heterocycles. The van der Waals surface area contributed by atoms with Crippen LogP contribution in [0.2, 0.25) is 5.02 Å². The molecule has 0 unspecified atom stereocenters. The van der Waals surface area contributed by atoms with E-state index in [4.69, 9.17) is 11.6 Å². The number of aryl methyl sites for hydroxylation is 2. The van der Waals surface area contributed by atoms with Gasteiger partial charge in [-0.25, -0.2) is 0 Å². The Kier molecular flexibility index (Phi) is 4.92. The summed E-state index contributed by atoms with van der Waals surface area (Å²) in [5.41, 5.74) is 5.27. The van der Waals surface area contributed by atoms with Crippen molar-refractivity contribution in [1.82, 2.24) is 14.8 Å². The first kappa shape index (κ1) is 18.3. The molecule has 28 heavy (non-hydrogen) atoms. The number of benzene rings is 2. The standard InChI is InChI=1S/C22H21ClN4O/c1-3-27-19-7-5-4-6-17(19)14(2)22(27)18-13-20(26-25-18)24-21(28)12-15-8-10-16(23)11-9-15/h4-11,13H,3,12H2,1-2H3,(H2,24,25,26,28). The minimum Gasteiger partial charge on any atom is -0.339 e. The van der Waals surface area contributed by atoms with E-state index in [1.165, 1.54) is 16.5 Å². The summed E-state index contributed by atoms with van der Waals surface area (Å²) in [5.74, 6) is 0.398. The van der Waals surface area contributed by atoms with E-state index < -0.39 is 0 Å². The van der Waals surface area contributed by atoms with Crippen molar-refractivity contribution < 1.29 is 4.79 Å². The van der Waals surface area contributed by atoms with Crippen LogP contribution in [0.1, 0.15) is 18.1 Å². The average molecular weight is 393 g/mol. The molecule has 0 saturated heterocycles. The van der Waals surface area contributed by atoms with Gasteiger partial charge in [-0.15, -0.1) is 0 Å². The number of fused-ring (bicyclic) bond motifs is 1. The van der Waals surface area contributed by atoms with Gasteiger partial charge in [0.2, 0.25) is 5.91 Å². The zero-order valence-corrected chi connectivity index (χ0v) is 16.5. The van der Waals surface area contributed by atoms with Crippen molar-refractivity contribution in [2.24, 2.45) is 0 Å². The molecule has 0 aliphatic carbocycles. The number of para-hydroxylation sites is 1. The quantitative estimate of drug-likeness (QED) is 0.490. The number of aromatic nitrogens is 3. The molecule has 0 fully saturated rings. The Morgan fingerprint density at radius 2 is 1.93 bits per heavy atom. The number of nitrogens with zero attached hydrogens (tertiary/aromatic N) is 2. The van der Waals surface area contributed by atoms with Crippen molar-refractivity contribution in [2.75, 3.05) is 5.32 Å². The van der Waals surface area contributed by atoms with Gasteiger partial charge in [-0.1, -0.05) is 41.9 Å². The van der Waals surface area contributed by atoms with E-state index in [9.17, 15) is 4.79 Å². The van der Waals surface area contributed by atoms with Gasteiger partial charge in [0.05, 0.1) is 17.8 Å². The summed E-state index contributed by atoms with van der Waals surface area (Å²) in [6, 6.07) is 17.5. The molecule has 0 atom stereocenters. The number of carbonyl (C=O) groups is 1. The topological polar surface area (TPSA) is 62.7 Å². The highest BCUT2D eigenvalue weighted by atomic mass is 35.5. The zero-order chi connectivity index (χ0) is 19.7. The van der Waals surface area contributed by atoms with Crippen molar-refractivity contribution >= 4 is 34.2 Å². The second-order valence-electron chi connectivity index (χ2n) is 6.75. The normalized spacial score (nSPS) is 11.1. The fourth-order valence-electron chi connectivity index (χ4n) is 3.63. The molecule has 0 aliphatic rings. The molecule has 0 spiro atoms. The predicted molar refractivity (Wildman–Crippen MR) is 114 cm³/mol. The van der Waals surface area contributed by atoms with Crippen molar-refractivity contribution in [3.8, 4) is 11.4 Å². The maximum atomic E-state index is 12.3. The second-order valence-corrected chi connectivity index (χ2v) is 7.19.